The summed E-state index contributed by atoms with van der Waals surface area (Å²) in [7, 11) is 0. The predicted octanol–water partition coefficient (Wildman–Crippen LogP) is 28.4. The fraction of sp³-hybridized carbons (Fsp3) is 0.0270. The molecule has 125 heavy (non-hydrogen) atoms. The van der Waals surface area contributed by atoms with E-state index in [2.05, 4.69) is 335 Å². The molecule has 14 heteroatoms. The molecule has 0 spiro atoms. The zero-order valence-corrected chi connectivity index (χ0v) is 69.1. The minimum absolute atomic E-state index is 0.0619. The second kappa shape index (κ2) is 29.7. The first kappa shape index (κ1) is 73.0. The van der Waals surface area contributed by atoms with E-state index >= 15 is 0 Å². The highest BCUT2D eigenvalue weighted by Crippen LogP contribution is 2.51. The van der Waals surface area contributed by atoms with E-state index in [-0.39, 0.29) is 5.41 Å². The number of fused-ring (bicyclic) bond motifs is 19. The van der Waals surface area contributed by atoms with Crippen LogP contribution in [0.1, 0.15) is 25.0 Å². The molecule has 0 N–H and O–H groups in total. The van der Waals surface area contributed by atoms with Crippen LogP contribution in [0.2, 0.25) is 0 Å². The van der Waals surface area contributed by atoms with Crippen LogP contribution in [0.5, 0.6) is 0 Å². The van der Waals surface area contributed by atoms with Crippen LogP contribution in [0.4, 0.5) is 0 Å². The Labute approximate surface area is 726 Å². The molecule has 0 aliphatic heterocycles. The predicted molar refractivity (Wildman–Crippen MR) is 515 cm³/mol. The molecular formula is C111H68N12S2. The van der Waals surface area contributed by atoms with Crippen LogP contribution < -0.4 is 0 Å². The smallest absolute Gasteiger partial charge is 0.164 e. The molecule has 0 bridgehead atoms. The van der Waals surface area contributed by atoms with Gasteiger partial charge in [-0.2, -0.15) is 17.5 Å². The average molecular weight is 1630 g/mol. The first-order valence-electron chi connectivity index (χ1n) is 41.7. The number of nitrogens with zero attached hydrogens (tertiary/aromatic N) is 12. The van der Waals surface area contributed by atoms with E-state index in [9.17, 15) is 0 Å². The number of hydrogen-bond acceptors (Lipinski definition) is 14. The minimum Gasteiger partial charge on any atom is -0.247 e. The monoisotopic (exact) mass is 1630 g/mol. The highest BCUT2D eigenvalue weighted by molar-refractivity contribution is 7.00. The van der Waals surface area contributed by atoms with E-state index in [0.29, 0.717) is 34.9 Å². The van der Waals surface area contributed by atoms with Crippen molar-refractivity contribution in [3.05, 3.63) is 387 Å². The zero-order chi connectivity index (χ0) is 82.8. The van der Waals surface area contributed by atoms with Crippen LogP contribution >= 0.6 is 23.5 Å². The van der Waals surface area contributed by atoms with Gasteiger partial charge >= 0.3 is 0 Å². The van der Waals surface area contributed by atoms with Gasteiger partial charge in [-0.3, -0.25) is 0 Å². The van der Waals surface area contributed by atoms with Crippen LogP contribution in [-0.2, 0) is 5.41 Å². The van der Waals surface area contributed by atoms with Crippen molar-refractivity contribution in [1.29, 1.82) is 0 Å². The maximum atomic E-state index is 5.35. The van der Waals surface area contributed by atoms with Crippen molar-refractivity contribution in [2.45, 2.75) is 19.3 Å². The van der Waals surface area contributed by atoms with Gasteiger partial charge in [-0.25, -0.2) is 39.9 Å². The second-order valence-corrected chi connectivity index (χ2v) is 33.4. The SMILES string of the molecule is CC1(C)c2ccccc2-c2ccc(-c3ccc(-c4nc(-c5ccccc5)nc(-c5ccc(-c6cc7c(-c8ccccc8)nc8ccccc8c7c7nsnc67)cc5)n4)cc3)cc21.c1ccc(-c2nc3ccccc3c3c2cc(-c2ccc(-c4nc(-c5cc6ccccc6c6ccccc56)nc(-c5cc6ccccc6c6ccccc56)n4)cc2)c2nsnc23)cc1. The molecule has 6 heterocycles. The van der Waals surface area contributed by atoms with Crippen molar-refractivity contribution in [3.8, 4) is 135 Å². The summed E-state index contributed by atoms with van der Waals surface area (Å²) < 4.78 is 19.6. The molecule has 0 radical (unpaired) electrons. The standard InChI is InChI=1S/C56H32N6S.C55H36N6S/c1-2-14-34(15-3-1)51-48-32-45(52-53(62-63-61-52)50(48)44-24-12-13-25-49(44)57-51)33-26-28-35(29-27-33)54-58-55(46-30-36-16-4-6-18-38(36)40-20-8-10-22-42(40)46)60-56(59-54)47-31-37-17-5-7-19-39(37)41-21-9-11-23-43(41)47;1-55(2)45-19-11-9-17-40(45)41-30-29-39(31-46(41)55)33-21-25-37(26-22-33)53-57-52(36-15-7-4-8-16-36)58-54(59-53)38-27-23-34(24-28-38)43-32-44-48(51-50(43)60-62-61-51)42-18-10-12-20-47(42)56-49(44)35-13-5-3-6-14-35/h1-32H;3-32H,1-2H3. The van der Waals surface area contributed by atoms with Crippen LogP contribution in [0.3, 0.4) is 0 Å². The number of aromatic nitrogens is 12. The molecule has 18 aromatic carbocycles. The highest BCUT2D eigenvalue weighted by Gasteiger charge is 2.36. The molecule has 584 valence electrons. The third-order valence-electron chi connectivity index (χ3n) is 24.8. The molecular weight excluding hydrogens is 1570 g/mol. The topological polar surface area (TPSA) is 155 Å². The summed E-state index contributed by atoms with van der Waals surface area (Å²) in [5.74, 6) is 3.68. The molecule has 0 saturated heterocycles. The van der Waals surface area contributed by atoms with E-state index < -0.39 is 0 Å². The zero-order valence-electron chi connectivity index (χ0n) is 67.5. The quantitative estimate of drug-likeness (QED) is 0.113. The lowest BCUT2D eigenvalue weighted by Gasteiger charge is -2.22. The molecule has 1 aliphatic rings. The Morgan fingerprint density at radius 2 is 0.520 bits per heavy atom. The number of rotatable bonds is 11. The van der Waals surface area contributed by atoms with Crippen LogP contribution in [0.15, 0.2) is 376 Å². The Morgan fingerprint density at radius 3 is 0.984 bits per heavy atom. The molecule has 25 rings (SSSR count). The molecule has 0 atom stereocenters. The first-order chi connectivity index (χ1) is 61.7. The summed E-state index contributed by atoms with van der Waals surface area (Å²) in [5, 5.41) is 15.5. The number of benzene rings is 18. The van der Waals surface area contributed by atoms with Crippen molar-refractivity contribution in [2.75, 3.05) is 0 Å². The first-order valence-corrected chi connectivity index (χ1v) is 43.2. The third kappa shape index (κ3) is 12.5. The molecule has 24 aromatic rings. The lowest BCUT2D eigenvalue weighted by atomic mass is 9.81. The summed E-state index contributed by atoms with van der Waals surface area (Å²) in [6, 6.07) is 132. The van der Waals surface area contributed by atoms with E-state index in [1.807, 2.05) is 54.6 Å². The van der Waals surface area contributed by atoms with E-state index in [1.165, 1.54) is 62.0 Å². The normalized spacial score (nSPS) is 12.3. The Bertz CT molecular complexity index is 8360. The van der Waals surface area contributed by atoms with Crippen molar-refractivity contribution < 1.29 is 0 Å². The lowest BCUT2D eigenvalue weighted by Crippen LogP contribution is -2.14. The molecule has 0 amide bonds. The van der Waals surface area contributed by atoms with E-state index in [1.54, 1.807) is 0 Å². The fourth-order valence-corrected chi connectivity index (χ4v) is 19.8. The lowest BCUT2D eigenvalue weighted by molar-refractivity contribution is 0.660. The van der Waals surface area contributed by atoms with Gasteiger partial charge in [0.25, 0.3) is 0 Å². The molecule has 0 saturated carbocycles. The van der Waals surface area contributed by atoms with Gasteiger partial charge in [-0.15, -0.1) is 0 Å². The summed E-state index contributed by atoms with van der Waals surface area (Å²) >= 11 is 2.48. The number of para-hydroxylation sites is 2. The molecule has 1 aliphatic carbocycles. The Balaban J connectivity index is 0.000000140. The summed E-state index contributed by atoms with van der Waals surface area (Å²) in [4.78, 5) is 41.5. The van der Waals surface area contributed by atoms with Gasteiger partial charge in [0.15, 0.2) is 34.9 Å². The number of pyridine rings is 2. The van der Waals surface area contributed by atoms with Crippen molar-refractivity contribution in [2.24, 2.45) is 0 Å². The van der Waals surface area contributed by atoms with Gasteiger partial charge in [0.1, 0.15) is 22.1 Å². The van der Waals surface area contributed by atoms with Gasteiger partial charge in [0.05, 0.1) is 45.9 Å². The van der Waals surface area contributed by atoms with Crippen molar-refractivity contribution in [1.82, 2.24) is 57.4 Å². The van der Waals surface area contributed by atoms with E-state index in [4.69, 9.17) is 57.4 Å². The third-order valence-corrected chi connectivity index (χ3v) is 25.8. The Kier molecular flexibility index (Phi) is 17.3. The average Bonchev–Trinajstić information content (AvgIpc) is 1.67. The summed E-state index contributed by atoms with van der Waals surface area (Å²) in [6.45, 7) is 4.64. The number of hydrogen-bond donors (Lipinski definition) is 0. The van der Waals surface area contributed by atoms with Crippen LogP contribution in [-0.4, -0.2) is 57.4 Å². The molecule has 12 nitrogen and oxygen atoms in total. The van der Waals surface area contributed by atoms with Crippen LogP contribution in [0.25, 0.3) is 244 Å². The van der Waals surface area contributed by atoms with Gasteiger partial charge in [-0.1, -0.05) is 347 Å². The Hall–Kier alpha value is -16.0. The van der Waals surface area contributed by atoms with Gasteiger partial charge < -0.3 is 0 Å². The van der Waals surface area contributed by atoms with Crippen molar-refractivity contribution >= 4 is 132 Å². The van der Waals surface area contributed by atoms with Crippen molar-refractivity contribution in [3.63, 3.8) is 0 Å². The van der Waals surface area contributed by atoms with Gasteiger partial charge in [0.2, 0.25) is 0 Å². The largest absolute Gasteiger partial charge is 0.247 e. The fourth-order valence-electron chi connectivity index (χ4n) is 18.7. The Morgan fingerprint density at radius 1 is 0.192 bits per heavy atom. The van der Waals surface area contributed by atoms with Gasteiger partial charge in [0, 0.05) is 93.4 Å². The maximum absolute atomic E-state index is 5.35. The summed E-state index contributed by atoms with van der Waals surface area (Å²) in [6.07, 6.45) is 0. The van der Waals surface area contributed by atoms with Crippen LogP contribution in [0, 0.1) is 0 Å². The van der Waals surface area contributed by atoms with Gasteiger partial charge in [-0.05, 0) is 130 Å². The van der Waals surface area contributed by atoms with E-state index in [0.717, 1.165) is 181 Å². The highest BCUT2D eigenvalue weighted by atomic mass is 32.1. The molecule has 0 unspecified atom stereocenters. The maximum Gasteiger partial charge on any atom is 0.164 e. The molecule has 6 aromatic heterocycles. The second-order valence-electron chi connectivity index (χ2n) is 32.3. The molecule has 0 fully saturated rings. The summed E-state index contributed by atoms with van der Waals surface area (Å²) in [5.41, 5.74) is 26.5. The minimum atomic E-state index is -0.0619.